The lowest BCUT2D eigenvalue weighted by molar-refractivity contribution is -0.118. The van der Waals surface area contributed by atoms with Crippen molar-refractivity contribution in [2.45, 2.75) is 6.92 Å². The van der Waals surface area contributed by atoms with Crippen LogP contribution >= 0.6 is 0 Å². The van der Waals surface area contributed by atoms with E-state index in [4.69, 9.17) is 4.74 Å². The number of anilines is 1. The van der Waals surface area contributed by atoms with Gasteiger partial charge in [0.15, 0.2) is 18.2 Å². The van der Waals surface area contributed by atoms with E-state index in [-0.39, 0.29) is 12.3 Å². The number of hydrogen-bond donors (Lipinski definition) is 1. The standard InChI is InChI=1S/C14H12F2N2O2/c1-9-2-4-11(7-17-9)20-8-14(19)18-10-3-5-12(15)13(16)6-10/h2-7H,8H2,1H3,(H,18,19). The van der Waals surface area contributed by atoms with Crippen LogP contribution < -0.4 is 10.1 Å². The number of carbonyl (C=O) groups is 1. The summed E-state index contributed by atoms with van der Waals surface area (Å²) in [5.74, 6) is -2.01. The molecule has 0 fully saturated rings. The second-order valence-electron chi connectivity index (χ2n) is 4.10. The number of nitrogens with one attached hydrogen (secondary N) is 1. The predicted octanol–water partition coefficient (Wildman–Crippen LogP) is 2.69. The number of amides is 1. The van der Waals surface area contributed by atoms with Gasteiger partial charge in [0.05, 0.1) is 6.20 Å². The Morgan fingerprint density at radius 2 is 2.05 bits per heavy atom. The van der Waals surface area contributed by atoms with Crippen LogP contribution in [0.1, 0.15) is 5.69 Å². The molecule has 2 aromatic rings. The van der Waals surface area contributed by atoms with E-state index in [1.165, 1.54) is 12.3 Å². The summed E-state index contributed by atoms with van der Waals surface area (Å²) in [4.78, 5) is 15.6. The third kappa shape index (κ3) is 3.74. The van der Waals surface area contributed by atoms with Gasteiger partial charge in [-0.2, -0.15) is 0 Å². The molecule has 6 heteroatoms. The smallest absolute Gasteiger partial charge is 0.262 e. The van der Waals surface area contributed by atoms with Gasteiger partial charge < -0.3 is 10.1 Å². The molecule has 20 heavy (non-hydrogen) atoms. The van der Waals surface area contributed by atoms with Gasteiger partial charge >= 0.3 is 0 Å². The summed E-state index contributed by atoms with van der Waals surface area (Å²) < 4.78 is 30.9. The third-order valence-corrected chi connectivity index (χ3v) is 2.46. The van der Waals surface area contributed by atoms with Crippen molar-refractivity contribution in [3.05, 3.63) is 53.9 Å². The molecule has 0 bridgehead atoms. The predicted molar refractivity (Wildman–Crippen MR) is 69.5 cm³/mol. The molecule has 0 unspecified atom stereocenters. The van der Waals surface area contributed by atoms with Gasteiger partial charge in [-0.15, -0.1) is 0 Å². The van der Waals surface area contributed by atoms with Crippen molar-refractivity contribution in [3.8, 4) is 5.75 Å². The number of halogens is 2. The Morgan fingerprint density at radius 1 is 1.25 bits per heavy atom. The maximum Gasteiger partial charge on any atom is 0.262 e. The number of pyridine rings is 1. The van der Waals surface area contributed by atoms with Crippen molar-refractivity contribution in [2.75, 3.05) is 11.9 Å². The van der Waals surface area contributed by atoms with Gasteiger partial charge in [0.1, 0.15) is 5.75 Å². The zero-order valence-electron chi connectivity index (χ0n) is 10.7. The van der Waals surface area contributed by atoms with Crippen LogP contribution in [0.15, 0.2) is 36.5 Å². The first-order chi connectivity index (χ1) is 9.54. The monoisotopic (exact) mass is 278 g/mol. The highest BCUT2D eigenvalue weighted by Gasteiger charge is 2.07. The van der Waals surface area contributed by atoms with Crippen molar-refractivity contribution in [1.29, 1.82) is 0 Å². The van der Waals surface area contributed by atoms with Crippen LogP contribution in [0.4, 0.5) is 14.5 Å². The van der Waals surface area contributed by atoms with E-state index in [0.29, 0.717) is 5.75 Å². The van der Waals surface area contributed by atoms with Gasteiger partial charge in [-0.05, 0) is 31.2 Å². The lowest BCUT2D eigenvalue weighted by Gasteiger charge is -2.07. The molecule has 1 N–H and O–H groups in total. The highest BCUT2D eigenvalue weighted by molar-refractivity contribution is 5.91. The molecule has 1 aromatic carbocycles. The number of ether oxygens (including phenoxy) is 1. The number of aryl methyl sites for hydroxylation is 1. The fourth-order valence-electron chi connectivity index (χ4n) is 1.46. The van der Waals surface area contributed by atoms with Crippen molar-refractivity contribution in [2.24, 2.45) is 0 Å². The normalized spacial score (nSPS) is 10.2. The summed E-state index contributed by atoms with van der Waals surface area (Å²) >= 11 is 0. The minimum Gasteiger partial charge on any atom is -0.482 e. The zero-order valence-corrected chi connectivity index (χ0v) is 10.7. The van der Waals surface area contributed by atoms with Gasteiger partial charge in [0.25, 0.3) is 5.91 Å². The summed E-state index contributed by atoms with van der Waals surface area (Å²) in [6.45, 7) is 1.59. The van der Waals surface area contributed by atoms with E-state index >= 15 is 0 Å². The van der Waals surface area contributed by atoms with Crippen molar-refractivity contribution >= 4 is 11.6 Å². The summed E-state index contributed by atoms with van der Waals surface area (Å²) in [6, 6.07) is 6.55. The van der Waals surface area contributed by atoms with Gasteiger partial charge in [0, 0.05) is 17.4 Å². The highest BCUT2D eigenvalue weighted by atomic mass is 19.2. The molecule has 104 valence electrons. The molecule has 2 rings (SSSR count). The topological polar surface area (TPSA) is 51.2 Å². The van der Waals surface area contributed by atoms with E-state index in [1.807, 2.05) is 6.92 Å². The minimum atomic E-state index is -1.02. The molecule has 0 radical (unpaired) electrons. The third-order valence-electron chi connectivity index (χ3n) is 2.46. The van der Waals surface area contributed by atoms with Crippen LogP contribution in [0, 0.1) is 18.6 Å². The second-order valence-corrected chi connectivity index (χ2v) is 4.10. The van der Waals surface area contributed by atoms with E-state index in [9.17, 15) is 13.6 Å². The van der Waals surface area contributed by atoms with E-state index < -0.39 is 17.5 Å². The van der Waals surface area contributed by atoms with E-state index in [1.54, 1.807) is 12.1 Å². The summed E-state index contributed by atoms with van der Waals surface area (Å²) in [6.07, 6.45) is 1.50. The SMILES string of the molecule is Cc1ccc(OCC(=O)Nc2ccc(F)c(F)c2)cn1. The van der Waals surface area contributed by atoms with Crippen LogP contribution in [0.3, 0.4) is 0 Å². The number of nitrogens with zero attached hydrogens (tertiary/aromatic N) is 1. The molecule has 4 nitrogen and oxygen atoms in total. The fourth-order valence-corrected chi connectivity index (χ4v) is 1.46. The largest absolute Gasteiger partial charge is 0.482 e. The number of hydrogen-bond acceptors (Lipinski definition) is 3. The minimum absolute atomic E-state index is 0.166. The molecule has 1 amide bonds. The molecule has 0 atom stereocenters. The molecular formula is C14H12F2N2O2. The van der Waals surface area contributed by atoms with Crippen molar-refractivity contribution < 1.29 is 18.3 Å². The first-order valence-corrected chi connectivity index (χ1v) is 5.85. The summed E-state index contributed by atoms with van der Waals surface area (Å²) in [7, 11) is 0. The van der Waals surface area contributed by atoms with E-state index in [0.717, 1.165) is 17.8 Å². The Balaban J connectivity index is 1.89. The van der Waals surface area contributed by atoms with Gasteiger partial charge in [-0.3, -0.25) is 9.78 Å². The van der Waals surface area contributed by atoms with Gasteiger partial charge in [-0.1, -0.05) is 0 Å². The summed E-state index contributed by atoms with van der Waals surface area (Å²) in [5.41, 5.74) is 1.00. The Kier molecular flexibility index (Phi) is 4.24. The number of benzene rings is 1. The van der Waals surface area contributed by atoms with Crippen LogP contribution in [0.2, 0.25) is 0 Å². The molecule has 0 saturated carbocycles. The first kappa shape index (κ1) is 13.9. The zero-order chi connectivity index (χ0) is 14.5. The first-order valence-electron chi connectivity index (χ1n) is 5.85. The molecule has 0 aliphatic heterocycles. The van der Waals surface area contributed by atoms with Crippen LogP contribution in [-0.2, 0) is 4.79 Å². The molecule has 0 aliphatic rings. The lowest BCUT2D eigenvalue weighted by atomic mass is 10.3. The Morgan fingerprint density at radius 3 is 2.70 bits per heavy atom. The Labute approximate surface area is 114 Å². The molecular weight excluding hydrogens is 266 g/mol. The Bertz CT molecular complexity index is 615. The average molecular weight is 278 g/mol. The second kappa shape index (κ2) is 6.10. The maximum absolute atomic E-state index is 13.0. The average Bonchev–Trinajstić information content (AvgIpc) is 2.42. The summed E-state index contributed by atoms with van der Waals surface area (Å²) in [5, 5.41) is 2.40. The van der Waals surface area contributed by atoms with E-state index in [2.05, 4.69) is 10.3 Å². The Hall–Kier alpha value is -2.50. The lowest BCUT2D eigenvalue weighted by Crippen LogP contribution is -2.20. The quantitative estimate of drug-likeness (QED) is 0.935. The fraction of sp³-hybridized carbons (Fsp3) is 0.143. The van der Waals surface area contributed by atoms with Crippen LogP contribution in [0.5, 0.6) is 5.75 Å². The van der Waals surface area contributed by atoms with Crippen molar-refractivity contribution in [3.63, 3.8) is 0 Å². The molecule has 1 heterocycles. The molecule has 0 aliphatic carbocycles. The molecule has 0 spiro atoms. The molecule has 1 aromatic heterocycles. The highest BCUT2D eigenvalue weighted by Crippen LogP contribution is 2.13. The number of aromatic nitrogens is 1. The van der Waals surface area contributed by atoms with Crippen LogP contribution in [-0.4, -0.2) is 17.5 Å². The van der Waals surface area contributed by atoms with Gasteiger partial charge in [0.2, 0.25) is 0 Å². The maximum atomic E-state index is 13.0. The number of carbonyl (C=O) groups excluding carboxylic acids is 1. The van der Waals surface area contributed by atoms with Crippen LogP contribution in [0.25, 0.3) is 0 Å². The molecule has 0 saturated heterocycles. The number of rotatable bonds is 4. The van der Waals surface area contributed by atoms with Crippen molar-refractivity contribution in [1.82, 2.24) is 4.98 Å². The van der Waals surface area contributed by atoms with Gasteiger partial charge in [-0.25, -0.2) is 8.78 Å².